The largest absolute Gasteiger partial charge is 0.490 e. The predicted octanol–water partition coefficient (Wildman–Crippen LogP) is 2.20. The van der Waals surface area contributed by atoms with Gasteiger partial charge in [-0.1, -0.05) is 18.2 Å². The lowest BCUT2D eigenvalue weighted by atomic mass is 10.2. The molecule has 6 nitrogen and oxygen atoms in total. The molecule has 3 N–H and O–H groups in total. The molecule has 2 rings (SSSR count). The molecule has 6 heteroatoms. The first-order valence-electron chi connectivity index (χ1n) is 7.14. The Kier molecular flexibility index (Phi) is 5.57. The number of carbonyl (C=O) groups is 2. The topological polar surface area (TPSA) is 90.7 Å². The number of hydrogen-bond acceptors (Lipinski definition) is 4. The van der Waals surface area contributed by atoms with Crippen molar-refractivity contribution < 1.29 is 19.1 Å². The van der Waals surface area contributed by atoms with E-state index in [0.717, 1.165) is 0 Å². The van der Waals surface area contributed by atoms with Crippen molar-refractivity contribution in [1.29, 1.82) is 0 Å². The Balaban J connectivity index is 1.95. The number of rotatable bonds is 7. The SMILES string of the molecule is CCOc1ccccc1OCC(=O)Nc1cccc(C(N)=O)c1. The Labute approximate surface area is 134 Å². The molecule has 2 amide bonds. The number of benzene rings is 2. The van der Waals surface area contributed by atoms with Crippen molar-refractivity contribution in [2.75, 3.05) is 18.5 Å². The van der Waals surface area contributed by atoms with Crippen molar-refractivity contribution in [3.8, 4) is 11.5 Å². The second kappa shape index (κ2) is 7.84. The van der Waals surface area contributed by atoms with Crippen molar-refractivity contribution in [3.63, 3.8) is 0 Å². The first-order chi connectivity index (χ1) is 11.1. The van der Waals surface area contributed by atoms with Crippen LogP contribution in [0.15, 0.2) is 48.5 Å². The van der Waals surface area contributed by atoms with Crippen LogP contribution >= 0.6 is 0 Å². The third-order valence-electron chi connectivity index (χ3n) is 2.94. The minimum Gasteiger partial charge on any atom is -0.490 e. The molecule has 2 aromatic carbocycles. The lowest BCUT2D eigenvalue weighted by Crippen LogP contribution is -2.21. The molecule has 23 heavy (non-hydrogen) atoms. The Bertz CT molecular complexity index is 700. The minimum absolute atomic E-state index is 0.176. The van der Waals surface area contributed by atoms with E-state index < -0.39 is 5.91 Å². The zero-order valence-electron chi connectivity index (χ0n) is 12.7. The van der Waals surface area contributed by atoms with E-state index in [1.807, 2.05) is 13.0 Å². The smallest absolute Gasteiger partial charge is 0.262 e. The summed E-state index contributed by atoms with van der Waals surface area (Å²) in [5, 5.41) is 2.65. The molecule has 0 saturated heterocycles. The van der Waals surface area contributed by atoms with Gasteiger partial charge in [-0.05, 0) is 37.3 Å². The normalized spacial score (nSPS) is 9.96. The van der Waals surface area contributed by atoms with E-state index in [9.17, 15) is 9.59 Å². The lowest BCUT2D eigenvalue weighted by molar-refractivity contribution is -0.118. The third kappa shape index (κ3) is 4.74. The predicted molar refractivity (Wildman–Crippen MR) is 86.7 cm³/mol. The molecular formula is C17H18N2O4. The number of primary amides is 1. The van der Waals surface area contributed by atoms with Gasteiger partial charge in [-0.3, -0.25) is 9.59 Å². The van der Waals surface area contributed by atoms with Crippen LogP contribution in [0.25, 0.3) is 0 Å². The second-order valence-electron chi connectivity index (χ2n) is 4.66. The number of amides is 2. The van der Waals surface area contributed by atoms with Gasteiger partial charge in [-0.25, -0.2) is 0 Å². The molecule has 0 fully saturated rings. The highest BCUT2D eigenvalue weighted by atomic mass is 16.5. The van der Waals surface area contributed by atoms with E-state index in [1.54, 1.807) is 36.4 Å². The van der Waals surface area contributed by atoms with Gasteiger partial charge in [0.15, 0.2) is 18.1 Å². The Hall–Kier alpha value is -3.02. The van der Waals surface area contributed by atoms with Crippen LogP contribution in [0, 0.1) is 0 Å². The van der Waals surface area contributed by atoms with Crippen molar-refractivity contribution in [2.24, 2.45) is 5.73 Å². The maximum atomic E-state index is 11.9. The first-order valence-corrected chi connectivity index (χ1v) is 7.14. The van der Waals surface area contributed by atoms with Crippen LogP contribution in [0.4, 0.5) is 5.69 Å². The minimum atomic E-state index is -0.553. The van der Waals surface area contributed by atoms with Crippen molar-refractivity contribution in [1.82, 2.24) is 0 Å². The zero-order chi connectivity index (χ0) is 16.7. The van der Waals surface area contributed by atoms with Crippen LogP contribution in [-0.4, -0.2) is 25.0 Å². The van der Waals surface area contributed by atoms with Gasteiger partial charge in [-0.2, -0.15) is 0 Å². The van der Waals surface area contributed by atoms with Gasteiger partial charge in [0.1, 0.15) is 0 Å². The summed E-state index contributed by atoms with van der Waals surface area (Å²) in [5.74, 6) is 0.176. The van der Waals surface area contributed by atoms with Gasteiger partial charge in [0.25, 0.3) is 5.91 Å². The van der Waals surface area contributed by atoms with Crippen LogP contribution in [0.2, 0.25) is 0 Å². The molecule has 0 heterocycles. The fourth-order valence-corrected chi connectivity index (χ4v) is 1.93. The molecule has 0 aliphatic rings. The standard InChI is InChI=1S/C17H18N2O4/c1-2-22-14-8-3-4-9-15(14)23-11-16(20)19-13-7-5-6-12(10-13)17(18)21/h3-10H,2,11H2,1H3,(H2,18,21)(H,19,20). The highest BCUT2D eigenvalue weighted by Crippen LogP contribution is 2.26. The van der Waals surface area contributed by atoms with Crippen LogP contribution in [-0.2, 0) is 4.79 Å². The van der Waals surface area contributed by atoms with E-state index in [2.05, 4.69) is 5.32 Å². The molecule has 0 aromatic heterocycles. The highest BCUT2D eigenvalue weighted by molar-refractivity contribution is 5.96. The van der Waals surface area contributed by atoms with Crippen molar-refractivity contribution in [3.05, 3.63) is 54.1 Å². The Morgan fingerprint density at radius 3 is 2.39 bits per heavy atom. The summed E-state index contributed by atoms with van der Waals surface area (Å²) in [4.78, 5) is 23.1. The first kappa shape index (κ1) is 16.4. The van der Waals surface area contributed by atoms with E-state index in [1.165, 1.54) is 6.07 Å². The quantitative estimate of drug-likeness (QED) is 0.819. The summed E-state index contributed by atoms with van der Waals surface area (Å²) in [6, 6.07) is 13.5. The van der Waals surface area contributed by atoms with Gasteiger partial charge in [-0.15, -0.1) is 0 Å². The monoisotopic (exact) mass is 314 g/mol. The molecule has 0 atom stereocenters. The van der Waals surface area contributed by atoms with Gasteiger partial charge in [0.05, 0.1) is 6.61 Å². The number of nitrogens with one attached hydrogen (secondary N) is 1. The number of para-hydroxylation sites is 2. The van der Waals surface area contributed by atoms with Gasteiger partial charge < -0.3 is 20.5 Å². The van der Waals surface area contributed by atoms with Crippen LogP contribution in [0.3, 0.4) is 0 Å². The van der Waals surface area contributed by atoms with Crippen LogP contribution in [0.1, 0.15) is 17.3 Å². The summed E-state index contributed by atoms with van der Waals surface area (Å²) < 4.78 is 10.9. The average molecular weight is 314 g/mol. The molecule has 0 aliphatic carbocycles. The lowest BCUT2D eigenvalue weighted by Gasteiger charge is -2.11. The van der Waals surface area contributed by atoms with E-state index in [4.69, 9.17) is 15.2 Å². The zero-order valence-corrected chi connectivity index (χ0v) is 12.7. The summed E-state index contributed by atoms with van der Waals surface area (Å²) in [6.07, 6.45) is 0. The molecule has 0 saturated carbocycles. The molecule has 120 valence electrons. The maximum absolute atomic E-state index is 11.9. The van der Waals surface area contributed by atoms with Crippen molar-refractivity contribution in [2.45, 2.75) is 6.92 Å². The Morgan fingerprint density at radius 2 is 1.74 bits per heavy atom. The van der Waals surface area contributed by atoms with Gasteiger partial charge in [0.2, 0.25) is 5.91 Å². The molecule has 2 aromatic rings. The van der Waals surface area contributed by atoms with Gasteiger partial charge in [0, 0.05) is 11.3 Å². The average Bonchev–Trinajstić information content (AvgIpc) is 2.54. The second-order valence-corrected chi connectivity index (χ2v) is 4.66. The number of carbonyl (C=O) groups excluding carboxylic acids is 2. The summed E-state index contributed by atoms with van der Waals surface area (Å²) in [6.45, 7) is 2.20. The van der Waals surface area contributed by atoms with Crippen molar-refractivity contribution >= 4 is 17.5 Å². The molecule has 0 bridgehead atoms. The number of anilines is 1. The third-order valence-corrected chi connectivity index (χ3v) is 2.94. The van der Waals surface area contributed by atoms with Gasteiger partial charge >= 0.3 is 0 Å². The maximum Gasteiger partial charge on any atom is 0.262 e. The molecule has 0 unspecified atom stereocenters. The number of ether oxygens (including phenoxy) is 2. The summed E-state index contributed by atoms with van der Waals surface area (Å²) in [7, 11) is 0. The highest BCUT2D eigenvalue weighted by Gasteiger charge is 2.08. The van der Waals surface area contributed by atoms with E-state index in [0.29, 0.717) is 29.4 Å². The number of hydrogen-bond donors (Lipinski definition) is 2. The molecule has 0 aliphatic heterocycles. The number of nitrogens with two attached hydrogens (primary N) is 1. The fourth-order valence-electron chi connectivity index (χ4n) is 1.93. The molecule has 0 radical (unpaired) electrons. The summed E-state index contributed by atoms with van der Waals surface area (Å²) >= 11 is 0. The summed E-state index contributed by atoms with van der Waals surface area (Å²) in [5.41, 5.74) is 6.01. The van der Waals surface area contributed by atoms with E-state index >= 15 is 0 Å². The molecule has 0 spiro atoms. The molecular weight excluding hydrogens is 296 g/mol. The van der Waals surface area contributed by atoms with Crippen LogP contribution < -0.4 is 20.5 Å². The van der Waals surface area contributed by atoms with Crippen LogP contribution in [0.5, 0.6) is 11.5 Å². The fraction of sp³-hybridized carbons (Fsp3) is 0.176. The Morgan fingerprint density at radius 1 is 1.04 bits per heavy atom. The van der Waals surface area contributed by atoms with E-state index in [-0.39, 0.29) is 12.5 Å².